The maximum absolute atomic E-state index is 11.7. The Labute approximate surface area is 89.4 Å². The molecule has 0 aromatic heterocycles. The Morgan fingerprint density at radius 3 is 3.00 bits per heavy atom. The first-order chi connectivity index (χ1) is 7.31. The minimum atomic E-state index is 0.0616. The zero-order valence-electron chi connectivity index (χ0n) is 8.88. The zero-order chi connectivity index (χ0) is 10.7. The van der Waals surface area contributed by atoms with Crippen LogP contribution in [-0.4, -0.2) is 19.0 Å². The number of rotatable bonds is 4. The molecule has 15 heavy (non-hydrogen) atoms. The van der Waals surface area contributed by atoms with E-state index in [0.717, 1.165) is 18.7 Å². The number of ketones is 1. The van der Waals surface area contributed by atoms with Crippen LogP contribution in [0.4, 0.5) is 0 Å². The number of benzene rings is 1. The van der Waals surface area contributed by atoms with Gasteiger partial charge in [0.25, 0.3) is 0 Å². The van der Waals surface area contributed by atoms with Gasteiger partial charge in [0, 0.05) is 25.3 Å². The number of ether oxygens (including phenoxy) is 1. The quantitative estimate of drug-likeness (QED) is 0.757. The van der Waals surface area contributed by atoms with Crippen LogP contribution in [-0.2, 0) is 17.8 Å². The lowest BCUT2D eigenvalue weighted by Crippen LogP contribution is -2.09. The summed E-state index contributed by atoms with van der Waals surface area (Å²) in [6, 6.07) is 5.87. The number of hydrogen-bond acceptors (Lipinski definition) is 3. The number of hydrogen-bond donors (Lipinski definition) is 1. The molecular formula is C12H15NO2. The maximum Gasteiger partial charge on any atom is 0.188 e. The fourth-order valence-corrected chi connectivity index (χ4v) is 1.75. The van der Waals surface area contributed by atoms with Gasteiger partial charge in [0.1, 0.15) is 6.61 Å². The minimum absolute atomic E-state index is 0.0616. The molecule has 2 rings (SSSR count). The number of carbonyl (C=O) groups excluding carboxylic acids is 1. The van der Waals surface area contributed by atoms with Crippen molar-refractivity contribution < 1.29 is 9.53 Å². The van der Waals surface area contributed by atoms with E-state index in [2.05, 4.69) is 5.32 Å². The Kier molecular flexibility index (Phi) is 3.14. The van der Waals surface area contributed by atoms with Crippen LogP contribution in [0.3, 0.4) is 0 Å². The van der Waals surface area contributed by atoms with Gasteiger partial charge in [0.2, 0.25) is 0 Å². The Morgan fingerprint density at radius 1 is 1.40 bits per heavy atom. The van der Waals surface area contributed by atoms with Gasteiger partial charge in [-0.1, -0.05) is 12.1 Å². The van der Waals surface area contributed by atoms with Gasteiger partial charge in [-0.25, -0.2) is 0 Å². The van der Waals surface area contributed by atoms with Gasteiger partial charge in [0.15, 0.2) is 5.78 Å². The van der Waals surface area contributed by atoms with Crippen molar-refractivity contribution in [2.45, 2.75) is 20.0 Å². The molecule has 0 atom stereocenters. The van der Waals surface area contributed by atoms with Gasteiger partial charge in [-0.05, 0) is 24.1 Å². The highest BCUT2D eigenvalue weighted by Crippen LogP contribution is 2.17. The molecule has 3 heteroatoms. The number of fused-ring (bicyclic) bond motifs is 1. The number of Topliss-reactive ketones (excluding diaryl/α,β-unsaturated/α-hetero) is 1. The number of carbonyl (C=O) groups is 1. The highest BCUT2D eigenvalue weighted by Gasteiger charge is 2.13. The summed E-state index contributed by atoms with van der Waals surface area (Å²) in [6.07, 6.45) is 0. The van der Waals surface area contributed by atoms with E-state index in [1.807, 2.05) is 25.1 Å². The van der Waals surface area contributed by atoms with Crippen molar-refractivity contribution in [1.29, 1.82) is 0 Å². The third-order valence-electron chi connectivity index (χ3n) is 2.60. The first-order valence-electron chi connectivity index (χ1n) is 5.24. The van der Waals surface area contributed by atoms with E-state index < -0.39 is 0 Å². The van der Waals surface area contributed by atoms with Crippen LogP contribution in [0.15, 0.2) is 18.2 Å². The molecule has 0 spiro atoms. The molecule has 0 fully saturated rings. The van der Waals surface area contributed by atoms with Gasteiger partial charge in [-0.3, -0.25) is 4.79 Å². The molecule has 0 unspecified atom stereocenters. The van der Waals surface area contributed by atoms with Crippen molar-refractivity contribution in [3.63, 3.8) is 0 Å². The summed E-state index contributed by atoms with van der Waals surface area (Å²) in [7, 11) is 0. The molecule has 1 aromatic carbocycles. The van der Waals surface area contributed by atoms with Crippen LogP contribution >= 0.6 is 0 Å². The van der Waals surface area contributed by atoms with E-state index in [4.69, 9.17) is 4.74 Å². The highest BCUT2D eigenvalue weighted by molar-refractivity contribution is 5.97. The molecule has 3 nitrogen and oxygen atoms in total. The van der Waals surface area contributed by atoms with Crippen molar-refractivity contribution in [2.75, 3.05) is 13.2 Å². The minimum Gasteiger partial charge on any atom is -0.374 e. The molecule has 0 aliphatic carbocycles. The second kappa shape index (κ2) is 4.55. The SMILES string of the molecule is CCOCC(=O)c1ccc2c(c1)CNC2. The molecule has 0 saturated carbocycles. The lowest BCUT2D eigenvalue weighted by atomic mass is 10.0. The average Bonchev–Trinajstić information content (AvgIpc) is 2.72. The van der Waals surface area contributed by atoms with E-state index in [1.165, 1.54) is 11.1 Å². The summed E-state index contributed by atoms with van der Waals surface area (Å²) in [5.74, 6) is 0.0616. The van der Waals surface area contributed by atoms with Crippen molar-refractivity contribution >= 4 is 5.78 Å². The van der Waals surface area contributed by atoms with Crippen molar-refractivity contribution in [2.24, 2.45) is 0 Å². The molecule has 1 N–H and O–H groups in total. The smallest absolute Gasteiger partial charge is 0.188 e. The molecule has 0 bridgehead atoms. The van der Waals surface area contributed by atoms with Crippen LogP contribution in [0.25, 0.3) is 0 Å². The fraction of sp³-hybridized carbons (Fsp3) is 0.417. The van der Waals surface area contributed by atoms with E-state index in [1.54, 1.807) is 0 Å². The number of nitrogens with one attached hydrogen (secondary N) is 1. The molecule has 1 aromatic rings. The van der Waals surface area contributed by atoms with Crippen LogP contribution in [0.5, 0.6) is 0 Å². The van der Waals surface area contributed by atoms with Crippen molar-refractivity contribution in [3.05, 3.63) is 34.9 Å². The van der Waals surface area contributed by atoms with Gasteiger partial charge in [-0.15, -0.1) is 0 Å². The Hall–Kier alpha value is -1.19. The Morgan fingerprint density at radius 2 is 2.20 bits per heavy atom. The van der Waals surface area contributed by atoms with Crippen molar-refractivity contribution in [1.82, 2.24) is 5.32 Å². The summed E-state index contributed by atoms with van der Waals surface area (Å²) >= 11 is 0. The summed E-state index contributed by atoms with van der Waals surface area (Å²) in [4.78, 5) is 11.7. The lowest BCUT2D eigenvalue weighted by Gasteiger charge is -2.03. The topological polar surface area (TPSA) is 38.3 Å². The molecule has 80 valence electrons. The van der Waals surface area contributed by atoms with Crippen LogP contribution < -0.4 is 5.32 Å². The zero-order valence-corrected chi connectivity index (χ0v) is 8.88. The third kappa shape index (κ3) is 2.25. The van der Waals surface area contributed by atoms with Crippen LogP contribution in [0.1, 0.15) is 28.4 Å². The van der Waals surface area contributed by atoms with Gasteiger partial charge in [-0.2, -0.15) is 0 Å². The molecule has 0 radical (unpaired) electrons. The highest BCUT2D eigenvalue weighted by atomic mass is 16.5. The Balaban J connectivity index is 2.12. The standard InChI is InChI=1S/C12H15NO2/c1-2-15-8-12(14)9-3-4-10-6-13-7-11(10)5-9/h3-5,13H,2,6-8H2,1H3. The van der Waals surface area contributed by atoms with Gasteiger partial charge < -0.3 is 10.1 Å². The second-order valence-corrected chi connectivity index (χ2v) is 3.65. The molecule has 0 amide bonds. The van der Waals surface area contributed by atoms with Crippen LogP contribution in [0.2, 0.25) is 0 Å². The third-order valence-corrected chi connectivity index (χ3v) is 2.60. The van der Waals surface area contributed by atoms with Crippen LogP contribution in [0, 0.1) is 0 Å². The largest absolute Gasteiger partial charge is 0.374 e. The van der Waals surface area contributed by atoms with E-state index in [9.17, 15) is 4.79 Å². The second-order valence-electron chi connectivity index (χ2n) is 3.65. The lowest BCUT2D eigenvalue weighted by molar-refractivity contribution is 0.0783. The first-order valence-corrected chi connectivity index (χ1v) is 5.24. The van der Waals surface area contributed by atoms with Crippen molar-refractivity contribution in [3.8, 4) is 0 Å². The van der Waals surface area contributed by atoms with E-state index in [-0.39, 0.29) is 12.4 Å². The summed E-state index contributed by atoms with van der Waals surface area (Å²) in [5.41, 5.74) is 3.28. The average molecular weight is 205 g/mol. The normalized spacial score (nSPS) is 13.9. The predicted molar refractivity (Wildman–Crippen MR) is 57.8 cm³/mol. The molecule has 1 heterocycles. The molecular weight excluding hydrogens is 190 g/mol. The first kappa shape index (κ1) is 10.3. The molecule has 1 aliphatic heterocycles. The van der Waals surface area contributed by atoms with E-state index >= 15 is 0 Å². The summed E-state index contributed by atoms with van der Waals surface area (Å²) < 4.78 is 5.10. The summed E-state index contributed by atoms with van der Waals surface area (Å²) in [5, 5.41) is 3.25. The predicted octanol–water partition coefficient (Wildman–Crippen LogP) is 1.51. The Bertz CT molecular complexity index is 374. The maximum atomic E-state index is 11.7. The monoisotopic (exact) mass is 205 g/mol. The molecule has 1 aliphatic rings. The van der Waals surface area contributed by atoms with E-state index in [0.29, 0.717) is 6.61 Å². The summed E-state index contributed by atoms with van der Waals surface area (Å²) in [6.45, 7) is 4.43. The van der Waals surface area contributed by atoms with Gasteiger partial charge >= 0.3 is 0 Å². The van der Waals surface area contributed by atoms with Gasteiger partial charge in [0.05, 0.1) is 0 Å². The molecule has 0 saturated heterocycles. The fourth-order valence-electron chi connectivity index (χ4n) is 1.75.